The van der Waals surface area contributed by atoms with E-state index in [1.807, 2.05) is 0 Å². The van der Waals surface area contributed by atoms with E-state index < -0.39 is 10.0 Å². The quantitative estimate of drug-likeness (QED) is 0.565. The lowest BCUT2D eigenvalue weighted by Gasteiger charge is -2.27. The first-order valence-electron chi connectivity index (χ1n) is 9.34. The molecule has 1 saturated heterocycles. The van der Waals surface area contributed by atoms with Crippen molar-refractivity contribution >= 4 is 15.9 Å². The predicted octanol–water partition coefficient (Wildman–Crippen LogP) is 0.0813. The van der Waals surface area contributed by atoms with Gasteiger partial charge in [0.05, 0.1) is 4.90 Å². The van der Waals surface area contributed by atoms with Crippen molar-refractivity contribution in [2.75, 3.05) is 39.3 Å². The summed E-state index contributed by atoms with van der Waals surface area (Å²) in [6.45, 7) is 5.63. The van der Waals surface area contributed by atoms with Gasteiger partial charge in [0, 0.05) is 51.7 Å². The van der Waals surface area contributed by atoms with Crippen LogP contribution in [0.25, 0.3) is 0 Å². The van der Waals surface area contributed by atoms with Gasteiger partial charge >= 0.3 is 0 Å². The van der Waals surface area contributed by atoms with Gasteiger partial charge in [-0.05, 0) is 37.0 Å². The molecular weight excluding hydrogens is 352 g/mol. The first-order valence-corrected chi connectivity index (χ1v) is 10.8. The number of nitrogens with zero attached hydrogens (tertiary/aromatic N) is 1. The van der Waals surface area contributed by atoms with Gasteiger partial charge in [-0.3, -0.25) is 9.69 Å². The molecule has 1 aliphatic heterocycles. The number of carbonyl (C=O) groups excluding carboxylic acids is 1. The van der Waals surface area contributed by atoms with Gasteiger partial charge < -0.3 is 10.6 Å². The fourth-order valence-corrected chi connectivity index (χ4v) is 4.26. The lowest BCUT2D eigenvalue weighted by Crippen LogP contribution is -2.46. The van der Waals surface area contributed by atoms with Crippen LogP contribution in [0.2, 0.25) is 0 Å². The fourth-order valence-electron chi connectivity index (χ4n) is 2.96. The molecule has 144 valence electrons. The molecule has 3 rings (SSSR count). The Labute approximate surface area is 155 Å². The standard InChI is InChI=1S/C18H28N4O3S/c23-18(20-11-14-22-12-9-19-10-13-22)8-3-15-1-6-17(7-2-15)26(24,25)21-16-4-5-16/h1-2,6-7,16,19,21H,3-5,8-14H2,(H,20,23). The summed E-state index contributed by atoms with van der Waals surface area (Å²) in [5.41, 5.74) is 0.965. The van der Waals surface area contributed by atoms with Crippen LogP contribution < -0.4 is 15.4 Å². The van der Waals surface area contributed by atoms with Crippen LogP contribution in [0, 0.1) is 0 Å². The SMILES string of the molecule is O=C(CCc1ccc(S(=O)(=O)NC2CC2)cc1)NCCN1CCNCC1. The molecule has 2 fully saturated rings. The highest BCUT2D eigenvalue weighted by atomic mass is 32.2. The van der Waals surface area contributed by atoms with Crippen molar-refractivity contribution in [2.24, 2.45) is 0 Å². The Kier molecular flexibility index (Phi) is 6.63. The Hall–Kier alpha value is -1.48. The van der Waals surface area contributed by atoms with Gasteiger partial charge in [0.1, 0.15) is 0 Å². The molecule has 3 N–H and O–H groups in total. The number of hydrogen-bond acceptors (Lipinski definition) is 5. The molecule has 26 heavy (non-hydrogen) atoms. The van der Waals surface area contributed by atoms with Crippen LogP contribution in [0.1, 0.15) is 24.8 Å². The minimum absolute atomic E-state index is 0.0345. The zero-order valence-corrected chi connectivity index (χ0v) is 15.9. The van der Waals surface area contributed by atoms with Crippen molar-refractivity contribution in [1.29, 1.82) is 0 Å². The third-order valence-electron chi connectivity index (χ3n) is 4.73. The molecule has 2 aliphatic rings. The molecule has 0 bridgehead atoms. The number of benzene rings is 1. The number of carbonyl (C=O) groups is 1. The summed E-state index contributed by atoms with van der Waals surface area (Å²) < 4.78 is 26.9. The molecule has 7 nitrogen and oxygen atoms in total. The van der Waals surface area contributed by atoms with Crippen LogP contribution in [-0.4, -0.2) is 64.5 Å². The van der Waals surface area contributed by atoms with Crippen molar-refractivity contribution in [3.05, 3.63) is 29.8 Å². The first-order chi connectivity index (χ1) is 12.5. The predicted molar refractivity (Wildman–Crippen MR) is 100 cm³/mol. The molecule has 1 saturated carbocycles. The summed E-state index contributed by atoms with van der Waals surface area (Å²) in [4.78, 5) is 14.6. The molecule has 1 aliphatic carbocycles. The van der Waals surface area contributed by atoms with E-state index in [2.05, 4.69) is 20.3 Å². The van der Waals surface area contributed by atoms with Gasteiger partial charge in [0.15, 0.2) is 0 Å². The monoisotopic (exact) mass is 380 g/mol. The van der Waals surface area contributed by atoms with E-state index in [4.69, 9.17) is 0 Å². The lowest BCUT2D eigenvalue weighted by atomic mass is 10.1. The summed E-state index contributed by atoms with van der Waals surface area (Å²) in [6, 6.07) is 6.90. The Morgan fingerprint density at radius 1 is 1.15 bits per heavy atom. The van der Waals surface area contributed by atoms with E-state index in [1.165, 1.54) is 0 Å². The summed E-state index contributed by atoms with van der Waals surface area (Å²) in [5.74, 6) is 0.0345. The molecule has 8 heteroatoms. The fraction of sp³-hybridized carbons (Fsp3) is 0.611. The van der Waals surface area contributed by atoms with Crippen molar-refractivity contribution in [3.8, 4) is 0 Å². The smallest absolute Gasteiger partial charge is 0.240 e. The molecule has 0 atom stereocenters. The molecule has 1 aromatic rings. The molecular formula is C18H28N4O3S. The minimum atomic E-state index is -3.41. The number of aryl methyl sites for hydroxylation is 1. The van der Waals surface area contributed by atoms with Crippen LogP contribution in [0.3, 0.4) is 0 Å². The summed E-state index contributed by atoms with van der Waals surface area (Å²) in [5, 5.41) is 6.26. The third-order valence-corrected chi connectivity index (χ3v) is 6.27. The van der Waals surface area contributed by atoms with Crippen LogP contribution in [0.15, 0.2) is 29.2 Å². The second kappa shape index (κ2) is 8.94. The summed E-state index contributed by atoms with van der Waals surface area (Å²) in [6.07, 6.45) is 2.85. The van der Waals surface area contributed by atoms with Crippen molar-refractivity contribution in [3.63, 3.8) is 0 Å². The van der Waals surface area contributed by atoms with Crippen LogP contribution in [0.4, 0.5) is 0 Å². The maximum absolute atomic E-state index is 12.1. The highest BCUT2D eigenvalue weighted by Gasteiger charge is 2.27. The summed E-state index contributed by atoms with van der Waals surface area (Å²) in [7, 11) is -3.41. The molecule has 0 radical (unpaired) electrons. The van der Waals surface area contributed by atoms with E-state index in [0.717, 1.165) is 51.1 Å². The number of hydrogen-bond donors (Lipinski definition) is 3. The van der Waals surface area contributed by atoms with Crippen molar-refractivity contribution in [2.45, 2.75) is 36.6 Å². The van der Waals surface area contributed by atoms with Crippen molar-refractivity contribution in [1.82, 2.24) is 20.3 Å². The number of nitrogens with one attached hydrogen (secondary N) is 3. The largest absolute Gasteiger partial charge is 0.355 e. The number of rotatable bonds is 9. The van der Waals surface area contributed by atoms with E-state index in [9.17, 15) is 13.2 Å². The van der Waals surface area contributed by atoms with Gasteiger partial charge in [-0.15, -0.1) is 0 Å². The van der Waals surface area contributed by atoms with E-state index >= 15 is 0 Å². The molecule has 0 unspecified atom stereocenters. The van der Waals surface area contributed by atoms with Crippen molar-refractivity contribution < 1.29 is 13.2 Å². The normalized spacial score (nSPS) is 18.6. The molecule has 1 heterocycles. The first kappa shape index (κ1) is 19.3. The van der Waals surface area contributed by atoms with Gasteiger partial charge in [-0.2, -0.15) is 0 Å². The highest BCUT2D eigenvalue weighted by Crippen LogP contribution is 2.22. The third kappa shape index (κ3) is 6.05. The Bertz CT molecular complexity index is 696. The summed E-state index contributed by atoms with van der Waals surface area (Å²) >= 11 is 0. The maximum atomic E-state index is 12.1. The Balaban J connectivity index is 1.37. The van der Waals surface area contributed by atoms with Crippen LogP contribution in [0.5, 0.6) is 0 Å². The topological polar surface area (TPSA) is 90.5 Å². The zero-order valence-electron chi connectivity index (χ0n) is 15.0. The average Bonchev–Trinajstić information content (AvgIpc) is 3.44. The highest BCUT2D eigenvalue weighted by molar-refractivity contribution is 7.89. The second-order valence-corrected chi connectivity index (χ2v) is 8.70. The number of amides is 1. The molecule has 1 amide bonds. The Morgan fingerprint density at radius 3 is 2.50 bits per heavy atom. The van der Waals surface area contributed by atoms with Gasteiger partial charge in [0.25, 0.3) is 0 Å². The van der Waals surface area contributed by atoms with Crippen LogP contribution >= 0.6 is 0 Å². The molecule has 0 spiro atoms. The van der Waals surface area contributed by atoms with E-state index in [-0.39, 0.29) is 16.8 Å². The van der Waals surface area contributed by atoms with E-state index in [0.29, 0.717) is 19.4 Å². The van der Waals surface area contributed by atoms with Crippen LogP contribution in [-0.2, 0) is 21.2 Å². The maximum Gasteiger partial charge on any atom is 0.240 e. The minimum Gasteiger partial charge on any atom is -0.355 e. The van der Waals surface area contributed by atoms with Gasteiger partial charge in [-0.25, -0.2) is 13.1 Å². The lowest BCUT2D eigenvalue weighted by molar-refractivity contribution is -0.121. The van der Waals surface area contributed by atoms with Gasteiger partial charge in [-0.1, -0.05) is 12.1 Å². The molecule has 0 aromatic heterocycles. The molecule has 1 aromatic carbocycles. The zero-order chi connectivity index (χ0) is 18.4. The van der Waals surface area contributed by atoms with Gasteiger partial charge in [0.2, 0.25) is 15.9 Å². The Morgan fingerprint density at radius 2 is 1.85 bits per heavy atom. The van der Waals surface area contributed by atoms with E-state index in [1.54, 1.807) is 24.3 Å². The second-order valence-electron chi connectivity index (χ2n) is 6.98. The number of piperazine rings is 1. The average molecular weight is 381 g/mol. The number of sulfonamides is 1.